The summed E-state index contributed by atoms with van der Waals surface area (Å²) in [4.78, 5) is 11.7. The molecule has 0 radical (unpaired) electrons. The fraction of sp³-hybridized carbons (Fsp3) is 0.133. The summed E-state index contributed by atoms with van der Waals surface area (Å²) in [5, 5.41) is 0. The van der Waals surface area contributed by atoms with Crippen molar-refractivity contribution in [2.75, 3.05) is 6.26 Å². The molecule has 2 rings (SSSR count). The first kappa shape index (κ1) is 14.3. The Bertz CT molecular complexity index is 734. The Labute approximate surface area is 118 Å². The van der Waals surface area contributed by atoms with Gasteiger partial charge in [-0.05, 0) is 35.7 Å². The zero-order valence-corrected chi connectivity index (χ0v) is 12.1. The molecule has 0 bridgehead atoms. The fourth-order valence-corrected chi connectivity index (χ4v) is 2.38. The normalized spacial score (nSPS) is 11.1. The summed E-state index contributed by atoms with van der Waals surface area (Å²) in [7, 11) is -3.54. The fourth-order valence-electron chi connectivity index (χ4n) is 1.93. The zero-order valence-electron chi connectivity index (χ0n) is 11.3. The average molecular weight is 289 g/mol. The van der Waals surface area contributed by atoms with E-state index in [-0.39, 0.29) is 0 Å². The molecule has 5 heteroatoms. The van der Waals surface area contributed by atoms with Crippen LogP contribution in [-0.4, -0.2) is 20.6 Å². The second-order valence-corrected chi connectivity index (χ2v) is 6.34. The lowest BCUT2D eigenvalue weighted by molar-refractivity contribution is 0.0981. The van der Waals surface area contributed by atoms with Crippen molar-refractivity contribution >= 4 is 15.9 Å². The van der Waals surface area contributed by atoms with Gasteiger partial charge in [-0.1, -0.05) is 36.4 Å². The van der Waals surface area contributed by atoms with Crippen LogP contribution < -0.4 is 4.72 Å². The van der Waals surface area contributed by atoms with Crippen LogP contribution in [0.25, 0.3) is 11.1 Å². The number of carbonyl (C=O) groups is 1. The van der Waals surface area contributed by atoms with Crippen molar-refractivity contribution in [2.45, 2.75) is 6.92 Å². The first-order valence-electron chi connectivity index (χ1n) is 6.05. The van der Waals surface area contributed by atoms with Crippen LogP contribution in [0.2, 0.25) is 0 Å². The Morgan fingerprint density at radius 2 is 1.60 bits per heavy atom. The Morgan fingerprint density at radius 3 is 2.15 bits per heavy atom. The smallest absolute Gasteiger partial charge is 0.264 e. The SMILES string of the molecule is Cc1ccccc1-c1ccc(C(=O)NS(C)(=O)=O)cc1. The minimum atomic E-state index is -3.54. The van der Waals surface area contributed by atoms with Crippen LogP contribution in [0.4, 0.5) is 0 Å². The van der Waals surface area contributed by atoms with E-state index in [1.54, 1.807) is 24.3 Å². The van der Waals surface area contributed by atoms with Crippen molar-refractivity contribution in [3.8, 4) is 11.1 Å². The number of hydrogen-bond acceptors (Lipinski definition) is 3. The second-order valence-electron chi connectivity index (χ2n) is 4.60. The van der Waals surface area contributed by atoms with Crippen LogP contribution in [0.3, 0.4) is 0 Å². The van der Waals surface area contributed by atoms with Crippen molar-refractivity contribution in [1.82, 2.24) is 4.72 Å². The lowest BCUT2D eigenvalue weighted by Gasteiger charge is -2.07. The number of aryl methyl sites for hydroxylation is 1. The lowest BCUT2D eigenvalue weighted by atomic mass is 9.99. The van der Waals surface area contributed by atoms with Crippen molar-refractivity contribution in [3.63, 3.8) is 0 Å². The molecule has 0 atom stereocenters. The average Bonchev–Trinajstić information content (AvgIpc) is 2.37. The van der Waals surface area contributed by atoms with Gasteiger partial charge in [0.1, 0.15) is 0 Å². The molecule has 0 fully saturated rings. The minimum absolute atomic E-state index is 0.313. The van der Waals surface area contributed by atoms with Gasteiger partial charge in [-0.25, -0.2) is 13.1 Å². The van der Waals surface area contributed by atoms with Gasteiger partial charge in [0.2, 0.25) is 10.0 Å². The Kier molecular flexibility index (Phi) is 3.90. The number of carbonyl (C=O) groups excluding carboxylic acids is 1. The minimum Gasteiger partial charge on any atom is -0.268 e. The van der Waals surface area contributed by atoms with E-state index in [4.69, 9.17) is 0 Å². The monoisotopic (exact) mass is 289 g/mol. The molecule has 0 aliphatic carbocycles. The third kappa shape index (κ3) is 3.45. The molecule has 1 amide bonds. The molecule has 2 aromatic rings. The first-order chi connectivity index (χ1) is 9.37. The quantitative estimate of drug-likeness (QED) is 0.943. The van der Waals surface area contributed by atoms with Crippen LogP contribution in [-0.2, 0) is 10.0 Å². The Balaban J connectivity index is 2.27. The third-order valence-corrected chi connectivity index (χ3v) is 3.44. The summed E-state index contributed by atoms with van der Waals surface area (Å²) in [6.07, 6.45) is 0.951. The van der Waals surface area contributed by atoms with Gasteiger partial charge in [-0.2, -0.15) is 0 Å². The van der Waals surface area contributed by atoms with Gasteiger partial charge in [-0.3, -0.25) is 4.79 Å². The standard InChI is InChI=1S/C15H15NO3S/c1-11-5-3-4-6-14(11)12-7-9-13(10-8-12)15(17)16-20(2,18)19/h3-10H,1-2H3,(H,16,17). The predicted molar refractivity (Wildman–Crippen MR) is 78.9 cm³/mol. The summed E-state index contributed by atoms with van der Waals surface area (Å²) in [5.41, 5.74) is 3.52. The van der Waals surface area contributed by atoms with Crippen LogP contribution in [0.1, 0.15) is 15.9 Å². The van der Waals surface area contributed by atoms with E-state index >= 15 is 0 Å². The summed E-state index contributed by atoms with van der Waals surface area (Å²) < 4.78 is 24.0. The second kappa shape index (κ2) is 5.46. The highest BCUT2D eigenvalue weighted by Crippen LogP contribution is 2.23. The van der Waals surface area contributed by atoms with Gasteiger partial charge in [0.25, 0.3) is 5.91 Å². The highest BCUT2D eigenvalue weighted by atomic mass is 32.2. The van der Waals surface area contributed by atoms with Gasteiger partial charge in [-0.15, -0.1) is 0 Å². The van der Waals surface area contributed by atoms with Gasteiger partial charge in [0, 0.05) is 5.56 Å². The molecule has 0 aliphatic rings. The van der Waals surface area contributed by atoms with Gasteiger partial charge >= 0.3 is 0 Å². The maximum Gasteiger partial charge on any atom is 0.264 e. The molecule has 1 N–H and O–H groups in total. The number of hydrogen-bond donors (Lipinski definition) is 1. The van der Waals surface area contributed by atoms with Gasteiger partial charge < -0.3 is 0 Å². The summed E-state index contributed by atoms with van der Waals surface area (Å²) in [5.74, 6) is -0.621. The molecular weight excluding hydrogens is 274 g/mol. The van der Waals surface area contributed by atoms with E-state index in [0.717, 1.165) is 22.9 Å². The van der Waals surface area contributed by atoms with E-state index < -0.39 is 15.9 Å². The van der Waals surface area contributed by atoms with E-state index in [1.807, 2.05) is 35.9 Å². The summed E-state index contributed by atoms with van der Waals surface area (Å²) in [6.45, 7) is 2.01. The summed E-state index contributed by atoms with van der Waals surface area (Å²) >= 11 is 0. The Morgan fingerprint density at radius 1 is 1.00 bits per heavy atom. The Hall–Kier alpha value is -2.14. The summed E-state index contributed by atoms with van der Waals surface area (Å²) in [6, 6.07) is 14.8. The zero-order chi connectivity index (χ0) is 14.8. The van der Waals surface area contributed by atoms with Crippen LogP contribution in [0, 0.1) is 6.92 Å². The van der Waals surface area contributed by atoms with Gasteiger partial charge in [0.05, 0.1) is 6.26 Å². The maximum atomic E-state index is 11.7. The van der Waals surface area contributed by atoms with Crippen LogP contribution in [0.5, 0.6) is 0 Å². The van der Waals surface area contributed by atoms with Crippen molar-refractivity contribution in [2.24, 2.45) is 0 Å². The number of nitrogens with one attached hydrogen (secondary N) is 1. The highest BCUT2D eigenvalue weighted by Gasteiger charge is 2.11. The molecule has 0 spiro atoms. The molecule has 0 heterocycles. The molecule has 0 saturated heterocycles. The van der Waals surface area contributed by atoms with Crippen molar-refractivity contribution < 1.29 is 13.2 Å². The molecule has 0 aromatic heterocycles. The van der Waals surface area contributed by atoms with E-state index in [0.29, 0.717) is 5.56 Å². The lowest BCUT2D eigenvalue weighted by Crippen LogP contribution is -2.29. The molecule has 20 heavy (non-hydrogen) atoms. The molecule has 0 saturated carbocycles. The number of benzene rings is 2. The first-order valence-corrected chi connectivity index (χ1v) is 7.94. The van der Waals surface area contributed by atoms with Crippen molar-refractivity contribution in [3.05, 3.63) is 59.7 Å². The predicted octanol–water partition coefficient (Wildman–Crippen LogP) is 2.35. The highest BCUT2D eigenvalue weighted by molar-refractivity contribution is 7.89. The number of sulfonamides is 1. The van der Waals surface area contributed by atoms with Crippen molar-refractivity contribution in [1.29, 1.82) is 0 Å². The third-order valence-electron chi connectivity index (χ3n) is 2.88. The molecule has 0 unspecified atom stereocenters. The van der Waals surface area contributed by atoms with E-state index in [2.05, 4.69) is 0 Å². The largest absolute Gasteiger partial charge is 0.268 e. The molecular formula is C15H15NO3S. The molecule has 4 nitrogen and oxygen atoms in total. The van der Waals surface area contributed by atoms with Crippen LogP contribution >= 0.6 is 0 Å². The van der Waals surface area contributed by atoms with Crippen LogP contribution in [0.15, 0.2) is 48.5 Å². The van der Waals surface area contributed by atoms with Gasteiger partial charge in [0.15, 0.2) is 0 Å². The molecule has 2 aromatic carbocycles. The molecule has 0 aliphatic heterocycles. The van der Waals surface area contributed by atoms with E-state index in [9.17, 15) is 13.2 Å². The number of rotatable bonds is 3. The topological polar surface area (TPSA) is 63.2 Å². The maximum absolute atomic E-state index is 11.7. The number of amides is 1. The van der Waals surface area contributed by atoms with E-state index in [1.165, 1.54) is 0 Å². The molecule has 104 valence electrons.